The number of carbonyl (C=O) groups excluding carboxylic acids is 1. The molecule has 5 atom stereocenters. The molecule has 3 fully saturated rings. The van der Waals surface area contributed by atoms with Crippen molar-refractivity contribution in [2.45, 2.75) is 38.1 Å². The number of fused-ring (bicyclic) bond motifs is 5. The number of nitrogens with zero attached hydrogens (tertiary/aromatic N) is 1. The Morgan fingerprint density at radius 1 is 1.25 bits per heavy atom. The minimum atomic E-state index is 0.0557. The molecule has 106 valence electrons. The first-order valence-corrected chi connectivity index (χ1v) is 8.44. The lowest BCUT2D eigenvalue weighted by molar-refractivity contribution is 0.0901. The number of pyridine rings is 1. The zero-order valence-corrected chi connectivity index (χ0v) is 13.0. The van der Waals surface area contributed by atoms with Crippen LogP contribution in [0.2, 0.25) is 0 Å². The topological polar surface area (TPSA) is 42.0 Å². The molecule has 1 aromatic rings. The van der Waals surface area contributed by atoms with Crippen LogP contribution in [0.3, 0.4) is 0 Å². The van der Waals surface area contributed by atoms with Gasteiger partial charge in [0, 0.05) is 17.8 Å². The first-order valence-electron chi connectivity index (χ1n) is 7.65. The highest BCUT2D eigenvalue weighted by molar-refractivity contribution is 9.10. The lowest BCUT2D eigenvalue weighted by atomic mass is 9.79. The van der Waals surface area contributed by atoms with Crippen LogP contribution < -0.4 is 5.32 Å². The van der Waals surface area contributed by atoms with Crippen molar-refractivity contribution in [2.24, 2.45) is 23.7 Å². The fourth-order valence-electron chi connectivity index (χ4n) is 5.03. The molecule has 1 aromatic heterocycles. The van der Waals surface area contributed by atoms with Gasteiger partial charge in [0.2, 0.25) is 0 Å². The number of halogens is 1. The summed E-state index contributed by atoms with van der Waals surface area (Å²) in [6.07, 6.45) is 8.44. The summed E-state index contributed by atoms with van der Waals surface area (Å²) < 4.78 is 0.717. The largest absolute Gasteiger partial charge is 0.349 e. The molecule has 2 bridgehead atoms. The molecule has 0 spiro atoms. The van der Waals surface area contributed by atoms with Gasteiger partial charge in [0.1, 0.15) is 4.60 Å². The summed E-state index contributed by atoms with van der Waals surface area (Å²) in [5.41, 5.74) is 0.706. The number of hydrogen-bond donors (Lipinski definition) is 1. The maximum absolute atomic E-state index is 12.4. The normalized spacial score (nSPS) is 38.0. The van der Waals surface area contributed by atoms with Crippen molar-refractivity contribution in [3.63, 3.8) is 0 Å². The Labute approximate surface area is 127 Å². The van der Waals surface area contributed by atoms with Crippen molar-refractivity contribution in [3.8, 4) is 0 Å². The fourth-order valence-corrected chi connectivity index (χ4v) is 5.39. The third-order valence-corrected chi connectivity index (χ3v) is 6.17. The molecule has 20 heavy (non-hydrogen) atoms. The second-order valence-electron chi connectivity index (χ2n) is 6.60. The van der Waals surface area contributed by atoms with E-state index in [0.717, 1.165) is 23.7 Å². The summed E-state index contributed by atoms with van der Waals surface area (Å²) in [5, 5.41) is 3.28. The second kappa shape index (κ2) is 4.83. The van der Waals surface area contributed by atoms with E-state index < -0.39 is 0 Å². The Hall–Kier alpha value is -0.900. The van der Waals surface area contributed by atoms with Gasteiger partial charge in [-0.1, -0.05) is 6.42 Å². The quantitative estimate of drug-likeness (QED) is 0.842. The van der Waals surface area contributed by atoms with E-state index in [4.69, 9.17) is 0 Å². The van der Waals surface area contributed by atoms with Crippen LogP contribution in [0.1, 0.15) is 42.5 Å². The molecule has 0 aliphatic heterocycles. The molecule has 4 heteroatoms. The molecule has 1 N–H and O–H groups in total. The van der Waals surface area contributed by atoms with E-state index in [0.29, 0.717) is 16.2 Å². The standard InChI is InChI=1S/C16H19BrN2O/c17-15-8-9(4-5-18-15)16(20)19-14-7-10-6-13(14)12-3-1-2-11(10)12/h4-5,8,10-14H,1-3,6-7H2,(H,19,20). The van der Waals surface area contributed by atoms with E-state index in [2.05, 4.69) is 26.2 Å². The highest BCUT2D eigenvalue weighted by atomic mass is 79.9. The van der Waals surface area contributed by atoms with Gasteiger partial charge in [-0.2, -0.15) is 0 Å². The van der Waals surface area contributed by atoms with Crippen LogP contribution >= 0.6 is 15.9 Å². The van der Waals surface area contributed by atoms with Crippen LogP contribution in [0.5, 0.6) is 0 Å². The van der Waals surface area contributed by atoms with Gasteiger partial charge in [0.25, 0.3) is 5.91 Å². The minimum Gasteiger partial charge on any atom is -0.349 e. The zero-order valence-electron chi connectivity index (χ0n) is 11.4. The molecule has 3 nitrogen and oxygen atoms in total. The first-order chi connectivity index (χ1) is 9.72. The lowest BCUT2D eigenvalue weighted by Crippen LogP contribution is -2.42. The van der Waals surface area contributed by atoms with Crippen LogP contribution in [0, 0.1) is 23.7 Å². The minimum absolute atomic E-state index is 0.0557. The molecule has 3 saturated carbocycles. The van der Waals surface area contributed by atoms with Gasteiger partial charge < -0.3 is 5.32 Å². The Kier molecular flexibility index (Phi) is 3.09. The summed E-state index contributed by atoms with van der Waals surface area (Å²) in [4.78, 5) is 16.4. The predicted octanol–water partition coefficient (Wildman–Crippen LogP) is 3.40. The monoisotopic (exact) mass is 334 g/mol. The Balaban J connectivity index is 1.47. The molecular weight excluding hydrogens is 316 g/mol. The van der Waals surface area contributed by atoms with Crippen LogP contribution in [0.25, 0.3) is 0 Å². The number of aromatic nitrogens is 1. The fraction of sp³-hybridized carbons (Fsp3) is 0.625. The summed E-state index contributed by atoms with van der Waals surface area (Å²) in [6.45, 7) is 0. The molecule has 0 aromatic carbocycles. The molecular formula is C16H19BrN2O. The third kappa shape index (κ3) is 2.00. The highest BCUT2D eigenvalue weighted by Gasteiger charge is 2.54. The van der Waals surface area contributed by atoms with Gasteiger partial charge in [-0.05, 0) is 77.4 Å². The molecule has 5 unspecified atom stereocenters. The molecule has 0 radical (unpaired) electrons. The average Bonchev–Trinajstić information content (AvgIpc) is 3.10. The van der Waals surface area contributed by atoms with E-state index in [1.807, 2.05) is 0 Å². The predicted molar refractivity (Wildman–Crippen MR) is 80.2 cm³/mol. The number of nitrogens with one attached hydrogen (secondary N) is 1. The summed E-state index contributed by atoms with van der Waals surface area (Å²) >= 11 is 3.32. The maximum Gasteiger partial charge on any atom is 0.251 e. The number of rotatable bonds is 2. The van der Waals surface area contributed by atoms with Crippen molar-refractivity contribution < 1.29 is 4.79 Å². The van der Waals surface area contributed by atoms with E-state index in [9.17, 15) is 4.79 Å². The summed E-state index contributed by atoms with van der Waals surface area (Å²) in [7, 11) is 0. The number of hydrogen-bond acceptors (Lipinski definition) is 2. The third-order valence-electron chi connectivity index (χ3n) is 5.73. The first kappa shape index (κ1) is 12.8. The van der Waals surface area contributed by atoms with E-state index in [1.54, 1.807) is 18.3 Å². The lowest BCUT2D eigenvalue weighted by Gasteiger charge is -2.32. The SMILES string of the molecule is O=C(NC1CC2CC1C1CCCC21)c1ccnc(Br)c1. The molecule has 0 saturated heterocycles. The van der Waals surface area contributed by atoms with Gasteiger partial charge in [-0.15, -0.1) is 0 Å². The molecule has 3 aliphatic rings. The van der Waals surface area contributed by atoms with Crippen molar-refractivity contribution >= 4 is 21.8 Å². The molecule has 1 amide bonds. The number of amides is 1. The van der Waals surface area contributed by atoms with Crippen molar-refractivity contribution in [2.75, 3.05) is 0 Å². The van der Waals surface area contributed by atoms with Crippen LogP contribution in [0.15, 0.2) is 22.9 Å². The van der Waals surface area contributed by atoms with Crippen LogP contribution in [-0.2, 0) is 0 Å². The van der Waals surface area contributed by atoms with E-state index >= 15 is 0 Å². The van der Waals surface area contributed by atoms with Crippen LogP contribution in [-0.4, -0.2) is 16.9 Å². The van der Waals surface area contributed by atoms with E-state index in [-0.39, 0.29) is 5.91 Å². The zero-order chi connectivity index (χ0) is 13.7. The van der Waals surface area contributed by atoms with Gasteiger partial charge in [0.05, 0.1) is 0 Å². The Morgan fingerprint density at radius 2 is 2.10 bits per heavy atom. The van der Waals surface area contributed by atoms with Gasteiger partial charge >= 0.3 is 0 Å². The van der Waals surface area contributed by atoms with E-state index in [1.165, 1.54) is 32.1 Å². The Bertz CT molecular complexity index is 547. The van der Waals surface area contributed by atoms with Gasteiger partial charge in [-0.3, -0.25) is 4.79 Å². The molecule has 4 rings (SSSR count). The number of carbonyl (C=O) groups is 1. The smallest absolute Gasteiger partial charge is 0.251 e. The second-order valence-corrected chi connectivity index (χ2v) is 7.41. The highest BCUT2D eigenvalue weighted by Crippen LogP contribution is 2.58. The Morgan fingerprint density at radius 3 is 2.95 bits per heavy atom. The maximum atomic E-state index is 12.4. The average molecular weight is 335 g/mol. The van der Waals surface area contributed by atoms with Crippen molar-refractivity contribution in [1.82, 2.24) is 10.3 Å². The summed E-state index contributed by atoms with van der Waals surface area (Å²) in [6, 6.07) is 3.98. The molecule has 1 heterocycles. The van der Waals surface area contributed by atoms with Gasteiger partial charge in [0.15, 0.2) is 0 Å². The van der Waals surface area contributed by atoms with Crippen molar-refractivity contribution in [1.29, 1.82) is 0 Å². The van der Waals surface area contributed by atoms with Gasteiger partial charge in [-0.25, -0.2) is 4.98 Å². The van der Waals surface area contributed by atoms with Crippen LogP contribution in [0.4, 0.5) is 0 Å². The molecule has 3 aliphatic carbocycles. The summed E-state index contributed by atoms with van der Waals surface area (Å²) in [5.74, 6) is 3.54. The van der Waals surface area contributed by atoms with Crippen molar-refractivity contribution in [3.05, 3.63) is 28.5 Å².